The summed E-state index contributed by atoms with van der Waals surface area (Å²) in [6.07, 6.45) is 8.46. The number of methoxy groups -OCH3 is 1. The molecule has 0 aliphatic carbocycles. The highest BCUT2D eigenvalue weighted by molar-refractivity contribution is 5.91. The van der Waals surface area contributed by atoms with Crippen LogP contribution in [0, 0.1) is 16.7 Å². The molecule has 292 valence electrons. The van der Waals surface area contributed by atoms with Gasteiger partial charge in [-0.2, -0.15) is 0 Å². The fraction of sp³-hybridized carbons (Fsp3) is 0.649. The fourth-order valence-corrected chi connectivity index (χ4v) is 6.02. The second-order valence-corrected chi connectivity index (χ2v) is 14.1. The van der Waals surface area contributed by atoms with Gasteiger partial charge in [-0.15, -0.1) is 0 Å². The Bertz CT molecular complexity index is 1350. The zero-order valence-electron chi connectivity index (χ0n) is 31.1. The van der Waals surface area contributed by atoms with E-state index in [1.165, 1.54) is 19.3 Å². The Morgan fingerprint density at radius 1 is 1.13 bits per heavy atom. The van der Waals surface area contributed by atoms with Gasteiger partial charge in [-0.3, -0.25) is 19.8 Å². The molecule has 2 amide bonds. The number of unbranched alkanes of at least 4 members (excludes halogenated alkanes) is 1. The van der Waals surface area contributed by atoms with Crippen molar-refractivity contribution in [3.63, 3.8) is 0 Å². The second kappa shape index (κ2) is 21.0. The predicted molar refractivity (Wildman–Crippen MR) is 195 cm³/mol. The van der Waals surface area contributed by atoms with Gasteiger partial charge in [0, 0.05) is 63.3 Å². The number of carboxylic acids is 1. The first kappa shape index (κ1) is 44.3. The number of hydrogen-bond donors (Lipinski definition) is 8. The summed E-state index contributed by atoms with van der Waals surface area (Å²) in [5.41, 5.74) is 5.30. The zero-order chi connectivity index (χ0) is 39.1. The van der Waals surface area contributed by atoms with E-state index in [1.807, 2.05) is 33.8 Å². The number of allylic oxidation sites excluding steroid dienone is 5. The summed E-state index contributed by atoms with van der Waals surface area (Å²) in [5.74, 6) is -4.15. The predicted octanol–water partition coefficient (Wildman–Crippen LogP) is 1.98. The molecular formula is C37H59N5O10. The van der Waals surface area contributed by atoms with Crippen molar-refractivity contribution in [1.82, 2.24) is 16.0 Å². The average Bonchev–Trinajstić information content (AvgIpc) is 3.08. The summed E-state index contributed by atoms with van der Waals surface area (Å²) in [5, 5.41) is 46.0. The van der Waals surface area contributed by atoms with Crippen LogP contribution in [0.3, 0.4) is 0 Å². The molecule has 9 N–H and O–H groups in total. The molecule has 2 aliphatic rings. The van der Waals surface area contributed by atoms with Crippen LogP contribution in [0.25, 0.3) is 0 Å². The van der Waals surface area contributed by atoms with Crippen LogP contribution in [0.2, 0.25) is 0 Å². The van der Waals surface area contributed by atoms with Crippen LogP contribution in [-0.4, -0.2) is 107 Å². The Kier molecular flexibility index (Phi) is 17.9. The Hall–Kier alpha value is -3.89. The van der Waals surface area contributed by atoms with Gasteiger partial charge in [0.1, 0.15) is 11.8 Å². The van der Waals surface area contributed by atoms with Gasteiger partial charge in [0.2, 0.25) is 11.7 Å². The third-order valence-corrected chi connectivity index (χ3v) is 9.81. The number of hydrogen-bond acceptors (Lipinski definition) is 10. The van der Waals surface area contributed by atoms with Gasteiger partial charge in [-0.1, -0.05) is 63.3 Å². The van der Waals surface area contributed by atoms with Crippen molar-refractivity contribution >= 4 is 29.5 Å². The number of carboxylic acid groups (broad SMARTS) is 1. The van der Waals surface area contributed by atoms with Crippen molar-refractivity contribution in [2.45, 2.75) is 121 Å². The minimum absolute atomic E-state index is 0.0156. The summed E-state index contributed by atoms with van der Waals surface area (Å²) >= 11 is 0. The van der Waals surface area contributed by atoms with Crippen molar-refractivity contribution in [1.29, 1.82) is 5.41 Å². The van der Waals surface area contributed by atoms with Crippen molar-refractivity contribution in [2.24, 2.45) is 17.1 Å². The molecule has 15 nitrogen and oxygen atoms in total. The second-order valence-electron chi connectivity index (χ2n) is 14.1. The third kappa shape index (κ3) is 13.6. The summed E-state index contributed by atoms with van der Waals surface area (Å²) in [4.78, 5) is 49.4. The smallest absolute Gasteiger partial charge is 0.326 e. The molecule has 2 heterocycles. The molecule has 0 aromatic rings. The number of amides is 2. The Morgan fingerprint density at radius 2 is 1.83 bits per heavy atom. The quantitative estimate of drug-likeness (QED) is 0.0224. The molecule has 0 bridgehead atoms. The van der Waals surface area contributed by atoms with Gasteiger partial charge in [0.15, 0.2) is 12.1 Å². The van der Waals surface area contributed by atoms with Crippen LogP contribution in [-0.2, 0) is 33.4 Å². The molecule has 0 unspecified atom stereocenters. The maximum atomic E-state index is 13.0. The van der Waals surface area contributed by atoms with E-state index in [2.05, 4.69) is 22.5 Å². The summed E-state index contributed by atoms with van der Waals surface area (Å²) < 4.78 is 17.7. The number of aliphatic hydroxyl groups excluding tert-OH is 2. The standard InChI is InChI=1S/C37H59N5O10/c1-23-21-37(50-6,52-25(3)24(23)2)32(46)33(47)41-22-27-20-29(44)36(4,5)30(51-27)19-26(43)15-12-10-8-7-9-11-13-17-31(45)42-28(34(48)49)16-14-18-40-35(38)39/h7-9,11,13,17,24-25,27-30,32,44,46H,1,10,12,14-16,18-22H2,2-6H3,(H,41,47)(H,42,45)(H,48,49)(H4,38,39,40)/b8-7+,11-9+,17-13+/t24-,25-,27+,28+,29+,30-,32-,37-/m1/s1. The lowest BCUT2D eigenvalue weighted by Crippen LogP contribution is -2.59. The first-order valence-corrected chi connectivity index (χ1v) is 17.8. The minimum atomic E-state index is -1.63. The Balaban J connectivity index is 1.78. The number of carbonyl (C=O) groups excluding carboxylic acids is 3. The van der Waals surface area contributed by atoms with Crippen LogP contribution in [0.4, 0.5) is 0 Å². The van der Waals surface area contributed by atoms with E-state index in [9.17, 15) is 34.5 Å². The molecule has 0 aromatic carbocycles. The first-order chi connectivity index (χ1) is 24.4. The molecule has 2 fully saturated rings. The van der Waals surface area contributed by atoms with Crippen LogP contribution in [0.15, 0.2) is 48.6 Å². The molecule has 0 aromatic heterocycles. The number of carbonyl (C=O) groups is 4. The van der Waals surface area contributed by atoms with E-state index >= 15 is 0 Å². The number of nitrogens with one attached hydrogen (secondary N) is 4. The molecule has 0 spiro atoms. The molecular weight excluding hydrogens is 674 g/mol. The summed E-state index contributed by atoms with van der Waals surface area (Å²) in [6, 6.07) is -1.06. The number of guanidine groups is 1. The van der Waals surface area contributed by atoms with Crippen molar-refractivity contribution in [2.75, 3.05) is 20.2 Å². The van der Waals surface area contributed by atoms with Crippen LogP contribution < -0.4 is 21.7 Å². The van der Waals surface area contributed by atoms with Gasteiger partial charge in [0.05, 0.1) is 24.4 Å². The molecule has 0 saturated carbocycles. The molecule has 0 radical (unpaired) electrons. The SMILES string of the molecule is C=C1C[C@](OC)([C@H](O)C(=O)NC[C@@H]2C[C@H](O)C(C)(C)[C@@H](CC(=O)CCC/C=C/C=C/C=C/C(=O)N[C@@H](CCCNC(=N)N)C(=O)O)O2)O[C@H](C)[C@@H]1C. The third-order valence-electron chi connectivity index (χ3n) is 9.81. The number of rotatable bonds is 20. The van der Waals surface area contributed by atoms with Crippen molar-refractivity contribution in [3.05, 3.63) is 48.6 Å². The highest BCUT2D eigenvalue weighted by Crippen LogP contribution is 2.40. The lowest BCUT2D eigenvalue weighted by atomic mass is 9.74. The molecule has 2 rings (SSSR count). The first-order valence-electron chi connectivity index (χ1n) is 17.8. The summed E-state index contributed by atoms with van der Waals surface area (Å²) in [6.45, 7) is 11.9. The maximum absolute atomic E-state index is 13.0. The lowest BCUT2D eigenvalue weighted by Gasteiger charge is -2.46. The minimum Gasteiger partial charge on any atom is -0.480 e. The van der Waals surface area contributed by atoms with Gasteiger partial charge >= 0.3 is 5.97 Å². The van der Waals surface area contributed by atoms with Gasteiger partial charge in [-0.25, -0.2) is 4.79 Å². The van der Waals surface area contributed by atoms with Crippen molar-refractivity contribution < 1.29 is 48.7 Å². The number of Topliss-reactive ketones (excluding diaryl/α,β-unsaturated/α-hetero) is 1. The topological polar surface area (TPSA) is 243 Å². The van der Waals surface area contributed by atoms with Crippen molar-refractivity contribution in [3.8, 4) is 0 Å². The normalized spacial score (nSPS) is 27.4. The Morgan fingerprint density at radius 3 is 2.46 bits per heavy atom. The number of nitrogens with two attached hydrogens (primary N) is 1. The highest BCUT2D eigenvalue weighted by Gasteiger charge is 2.50. The largest absolute Gasteiger partial charge is 0.480 e. The van der Waals surface area contributed by atoms with Crippen LogP contribution in [0.1, 0.15) is 79.1 Å². The summed E-state index contributed by atoms with van der Waals surface area (Å²) in [7, 11) is 1.37. The Labute approximate surface area is 306 Å². The van der Waals surface area contributed by atoms with Gasteiger partial charge in [0.25, 0.3) is 5.91 Å². The van der Waals surface area contributed by atoms with Gasteiger partial charge < -0.3 is 51.2 Å². The van der Waals surface area contributed by atoms with E-state index in [0.717, 1.165) is 5.57 Å². The number of aliphatic hydroxyl groups is 2. The fourth-order valence-electron chi connectivity index (χ4n) is 6.02. The zero-order valence-corrected chi connectivity index (χ0v) is 31.1. The molecule has 8 atom stereocenters. The van der Waals surface area contributed by atoms with E-state index < -0.39 is 59.4 Å². The molecule has 52 heavy (non-hydrogen) atoms. The monoisotopic (exact) mass is 733 g/mol. The van der Waals surface area contributed by atoms with Crippen LogP contribution in [0.5, 0.6) is 0 Å². The average molecular weight is 734 g/mol. The molecule has 2 aliphatic heterocycles. The lowest BCUT2D eigenvalue weighted by molar-refractivity contribution is -0.297. The van der Waals surface area contributed by atoms with E-state index in [-0.39, 0.29) is 56.0 Å². The number of aliphatic carboxylic acids is 1. The molecule has 2 saturated heterocycles. The van der Waals surface area contributed by atoms with E-state index in [0.29, 0.717) is 32.2 Å². The van der Waals surface area contributed by atoms with Crippen LogP contribution >= 0.6 is 0 Å². The van der Waals surface area contributed by atoms with E-state index in [1.54, 1.807) is 18.2 Å². The van der Waals surface area contributed by atoms with E-state index in [4.69, 9.17) is 25.4 Å². The van der Waals surface area contributed by atoms with Gasteiger partial charge in [-0.05, 0) is 32.6 Å². The molecule has 15 heteroatoms. The number of ketones is 1. The highest BCUT2D eigenvalue weighted by atomic mass is 16.7. The maximum Gasteiger partial charge on any atom is 0.326 e. The number of ether oxygens (including phenoxy) is 3.